The molecule has 0 aliphatic heterocycles. The molecule has 0 spiro atoms. The number of hydrogen-bond donors (Lipinski definition) is 1. The Hall–Kier alpha value is -0.790. The van der Waals surface area contributed by atoms with E-state index in [0.717, 1.165) is 19.3 Å². The zero-order valence-electron chi connectivity index (χ0n) is 16.3. The lowest BCUT2D eigenvalue weighted by atomic mass is 9.59. The number of carboxylic acids is 1. The second kappa shape index (κ2) is 7.19. The Morgan fingerprint density at radius 1 is 0.955 bits per heavy atom. The minimum atomic E-state index is -0.713. The fraction of sp³-hybridized carbons (Fsp3) is 0.850. The predicted molar refractivity (Wildman–Crippen MR) is 96.0 cm³/mol. The quantitative estimate of drug-likeness (QED) is 0.506. The Bertz CT molecular complexity index is 402. The molecule has 2 heteroatoms. The summed E-state index contributed by atoms with van der Waals surface area (Å²) in [5, 5.41) is 9.44. The van der Waals surface area contributed by atoms with E-state index in [4.69, 9.17) is 0 Å². The molecule has 0 aliphatic carbocycles. The van der Waals surface area contributed by atoms with Gasteiger partial charge >= 0.3 is 5.97 Å². The van der Waals surface area contributed by atoms with Crippen molar-refractivity contribution in [3.8, 4) is 0 Å². The standard InChI is InChI=1S/C20H38O2/c1-10-17(3,4)13-12-14-20(9,11-2)19(7,8)15-18(5,6)16(21)22/h12,14H,10-11,13,15H2,1-9H3,(H,21,22). The predicted octanol–water partition coefficient (Wildman–Crippen LogP) is 6.31. The summed E-state index contributed by atoms with van der Waals surface area (Å²) in [5.41, 5.74) is -0.438. The van der Waals surface area contributed by atoms with Gasteiger partial charge in [0, 0.05) is 0 Å². The van der Waals surface area contributed by atoms with Gasteiger partial charge in [0.25, 0.3) is 0 Å². The van der Waals surface area contributed by atoms with Crippen molar-refractivity contribution in [2.45, 2.75) is 88.0 Å². The van der Waals surface area contributed by atoms with Gasteiger partial charge < -0.3 is 5.11 Å². The maximum Gasteiger partial charge on any atom is 0.309 e. The third kappa shape index (κ3) is 5.44. The normalized spacial score (nSPS) is 16.8. The van der Waals surface area contributed by atoms with Crippen LogP contribution in [0.4, 0.5) is 0 Å². The van der Waals surface area contributed by atoms with E-state index in [-0.39, 0.29) is 10.8 Å². The lowest BCUT2D eigenvalue weighted by molar-refractivity contribution is -0.149. The van der Waals surface area contributed by atoms with Crippen LogP contribution in [0.2, 0.25) is 0 Å². The third-order valence-electron chi connectivity index (χ3n) is 5.86. The smallest absolute Gasteiger partial charge is 0.309 e. The van der Waals surface area contributed by atoms with Crippen LogP contribution in [0, 0.1) is 21.7 Å². The molecule has 0 bridgehead atoms. The number of hydrogen-bond acceptors (Lipinski definition) is 1. The molecule has 0 amide bonds. The van der Waals surface area contributed by atoms with Crippen molar-refractivity contribution in [1.82, 2.24) is 0 Å². The zero-order valence-corrected chi connectivity index (χ0v) is 16.3. The molecule has 0 aliphatic rings. The van der Waals surface area contributed by atoms with Gasteiger partial charge in [0.2, 0.25) is 0 Å². The molecule has 0 aromatic heterocycles. The van der Waals surface area contributed by atoms with Gasteiger partial charge in [0.1, 0.15) is 0 Å². The first-order chi connectivity index (χ1) is 9.73. The van der Waals surface area contributed by atoms with E-state index in [1.54, 1.807) is 0 Å². The summed E-state index contributed by atoms with van der Waals surface area (Å²) in [4.78, 5) is 11.5. The van der Waals surface area contributed by atoms with Crippen LogP contribution in [-0.2, 0) is 4.79 Å². The summed E-state index contributed by atoms with van der Waals surface area (Å²) < 4.78 is 0. The van der Waals surface area contributed by atoms with Crippen molar-refractivity contribution in [2.24, 2.45) is 21.7 Å². The second-order valence-corrected chi connectivity index (χ2v) is 9.14. The van der Waals surface area contributed by atoms with Crippen molar-refractivity contribution < 1.29 is 9.90 Å². The first-order valence-electron chi connectivity index (χ1n) is 8.64. The summed E-state index contributed by atoms with van der Waals surface area (Å²) in [7, 11) is 0. The van der Waals surface area contributed by atoms with E-state index in [9.17, 15) is 9.90 Å². The van der Waals surface area contributed by atoms with Gasteiger partial charge in [-0.3, -0.25) is 4.79 Å². The van der Waals surface area contributed by atoms with Crippen molar-refractivity contribution in [1.29, 1.82) is 0 Å². The summed E-state index contributed by atoms with van der Waals surface area (Å²) >= 11 is 0. The van der Waals surface area contributed by atoms with Gasteiger partial charge in [0.05, 0.1) is 5.41 Å². The van der Waals surface area contributed by atoms with Crippen molar-refractivity contribution in [3.63, 3.8) is 0 Å². The highest BCUT2D eigenvalue weighted by Crippen LogP contribution is 2.49. The molecule has 0 aromatic rings. The van der Waals surface area contributed by atoms with Crippen LogP contribution in [0.1, 0.15) is 88.0 Å². The molecule has 0 heterocycles. The summed E-state index contributed by atoms with van der Waals surface area (Å²) in [6.07, 6.45) is 8.55. The third-order valence-corrected chi connectivity index (χ3v) is 5.86. The number of rotatable bonds is 9. The fourth-order valence-electron chi connectivity index (χ4n) is 2.99. The molecule has 22 heavy (non-hydrogen) atoms. The fourth-order valence-corrected chi connectivity index (χ4v) is 2.99. The highest BCUT2D eigenvalue weighted by atomic mass is 16.4. The second-order valence-electron chi connectivity index (χ2n) is 9.14. The largest absolute Gasteiger partial charge is 0.481 e. The van der Waals surface area contributed by atoms with Crippen LogP contribution in [0.3, 0.4) is 0 Å². The molecule has 0 rings (SSSR count). The summed E-state index contributed by atoms with van der Waals surface area (Å²) in [5.74, 6) is -0.713. The van der Waals surface area contributed by atoms with Gasteiger partial charge in [-0.15, -0.1) is 0 Å². The maximum absolute atomic E-state index is 11.5. The first-order valence-corrected chi connectivity index (χ1v) is 8.64. The lowest BCUT2D eigenvalue weighted by Crippen LogP contribution is -2.39. The monoisotopic (exact) mass is 310 g/mol. The number of carboxylic acid groups (broad SMARTS) is 1. The Kier molecular flexibility index (Phi) is 6.93. The molecular weight excluding hydrogens is 272 g/mol. The molecule has 0 aromatic carbocycles. The molecule has 0 saturated heterocycles. The Labute approximate surface area is 138 Å². The van der Waals surface area contributed by atoms with Gasteiger partial charge in [-0.25, -0.2) is 0 Å². The average molecular weight is 311 g/mol. The van der Waals surface area contributed by atoms with E-state index >= 15 is 0 Å². The topological polar surface area (TPSA) is 37.3 Å². The molecule has 1 unspecified atom stereocenters. The maximum atomic E-state index is 11.5. The molecule has 0 fully saturated rings. The lowest BCUT2D eigenvalue weighted by Gasteiger charge is -2.45. The van der Waals surface area contributed by atoms with Gasteiger partial charge in [0.15, 0.2) is 0 Å². The molecular formula is C20H38O2. The SMILES string of the molecule is CCC(C)(C)CC=CC(C)(CC)C(C)(C)CC(C)(C)C(=O)O. The molecule has 1 N–H and O–H groups in total. The molecule has 0 saturated carbocycles. The number of carbonyl (C=O) groups is 1. The molecule has 130 valence electrons. The van der Waals surface area contributed by atoms with Crippen LogP contribution in [-0.4, -0.2) is 11.1 Å². The average Bonchev–Trinajstić information content (AvgIpc) is 2.36. The van der Waals surface area contributed by atoms with Gasteiger partial charge in [-0.05, 0) is 49.4 Å². The highest BCUT2D eigenvalue weighted by Gasteiger charge is 2.43. The van der Waals surface area contributed by atoms with Gasteiger partial charge in [-0.2, -0.15) is 0 Å². The zero-order chi connectivity index (χ0) is 17.8. The van der Waals surface area contributed by atoms with Gasteiger partial charge in [-0.1, -0.05) is 67.0 Å². The van der Waals surface area contributed by atoms with Crippen LogP contribution >= 0.6 is 0 Å². The molecule has 2 nitrogen and oxygen atoms in total. The van der Waals surface area contributed by atoms with E-state index < -0.39 is 11.4 Å². The Balaban J connectivity index is 5.26. The van der Waals surface area contributed by atoms with Crippen LogP contribution in [0.25, 0.3) is 0 Å². The van der Waals surface area contributed by atoms with E-state index in [0.29, 0.717) is 11.8 Å². The molecule has 1 atom stereocenters. The van der Waals surface area contributed by atoms with Crippen molar-refractivity contribution in [2.75, 3.05) is 0 Å². The molecule has 0 radical (unpaired) electrons. The summed E-state index contributed by atoms with van der Waals surface area (Å²) in [6, 6.07) is 0. The number of aliphatic carboxylic acids is 1. The summed E-state index contributed by atoms with van der Waals surface area (Å²) in [6.45, 7) is 19.3. The Morgan fingerprint density at radius 3 is 1.82 bits per heavy atom. The Morgan fingerprint density at radius 2 is 1.45 bits per heavy atom. The van der Waals surface area contributed by atoms with E-state index in [1.165, 1.54) is 0 Å². The first kappa shape index (κ1) is 21.2. The minimum Gasteiger partial charge on any atom is -0.481 e. The van der Waals surface area contributed by atoms with E-state index in [1.807, 2.05) is 13.8 Å². The van der Waals surface area contributed by atoms with Crippen LogP contribution in [0.15, 0.2) is 12.2 Å². The van der Waals surface area contributed by atoms with Crippen LogP contribution in [0.5, 0.6) is 0 Å². The highest BCUT2D eigenvalue weighted by molar-refractivity contribution is 5.73. The van der Waals surface area contributed by atoms with Crippen molar-refractivity contribution >= 4 is 5.97 Å². The van der Waals surface area contributed by atoms with E-state index in [2.05, 4.69) is 60.6 Å². The van der Waals surface area contributed by atoms with Crippen molar-refractivity contribution in [3.05, 3.63) is 12.2 Å². The minimum absolute atomic E-state index is 0.00351. The van der Waals surface area contributed by atoms with Crippen LogP contribution < -0.4 is 0 Å². The number of allylic oxidation sites excluding steroid dienone is 2.